The molecule has 20 heavy (non-hydrogen) atoms. The van der Waals surface area contributed by atoms with Crippen LogP contribution < -0.4 is 20.1 Å². The molecule has 112 valence electrons. The van der Waals surface area contributed by atoms with Gasteiger partial charge in [0, 0.05) is 12.1 Å². The van der Waals surface area contributed by atoms with E-state index >= 15 is 0 Å². The fourth-order valence-corrected chi connectivity index (χ4v) is 1.95. The molecule has 0 aliphatic carbocycles. The lowest BCUT2D eigenvalue weighted by Crippen LogP contribution is -2.49. The van der Waals surface area contributed by atoms with Crippen LogP contribution in [0.3, 0.4) is 0 Å². The second-order valence-corrected chi connectivity index (χ2v) is 5.20. The number of hydrogen-bond acceptors (Lipinski definition) is 4. The van der Waals surface area contributed by atoms with Gasteiger partial charge in [-0.15, -0.1) is 0 Å². The summed E-state index contributed by atoms with van der Waals surface area (Å²) in [6, 6.07) is 3.25. The van der Waals surface area contributed by atoms with E-state index in [1.165, 1.54) is 14.2 Å². The Labute approximate surface area is 124 Å². The van der Waals surface area contributed by atoms with Crippen molar-refractivity contribution in [2.45, 2.75) is 26.3 Å². The van der Waals surface area contributed by atoms with Crippen LogP contribution in [0.5, 0.6) is 11.5 Å². The number of benzene rings is 1. The maximum Gasteiger partial charge on any atom is 0.244 e. The van der Waals surface area contributed by atoms with Gasteiger partial charge in [0.25, 0.3) is 0 Å². The van der Waals surface area contributed by atoms with Gasteiger partial charge in [0.05, 0.1) is 30.5 Å². The summed E-state index contributed by atoms with van der Waals surface area (Å²) in [5.74, 6) is 0.850. The highest BCUT2D eigenvalue weighted by Gasteiger charge is 2.27. The highest BCUT2D eigenvalue weighted by molar-refractivity contribution is 6.34. The molecule has 0 aliphatic rings. The second-order valence-electron chi connectivity index (χ2n) is 4.80. The van der Waals surface area contributed by atoms with E-state index in [-0.39, 0.29) is 5.91 Å². The number of carbonyl (C=O) groups is 1. The van der Waals surface area contributed by atoms with Crippen molar-refractivity contribution in [3.8, 4) is 11.5 Å². The van der Waals surface area contributed by atoms with Crippen LogP contribution in [0.4, 0.5) is 5.69 Å². The lowest BCUT2D eigenvalue weighted by Gasteiger charge is -2.25. The highest BCUT2D eigenvalue weighted by atomic mass is 35.5. The molecule has 0 saturated carbocycles. The predicted molar refractivity (Wildman–Crippen MR) is 80.9 cm³/mol. The van der Waals surface area contributed by atoms with Crippen LogP contribution in [0.25, 0.3) is 0 Å². The number of likely N-dealkylation sites (N-methyl/N-ethyl adjacent to an activating group) is 1. The predicted octanol–water partition coefficient (Wildman–Crippen LogP) is 2.68. The molecule has 0 radical (unpaired) electrons. The second kappa shape index (κ2) is 6.81. The van der Waals surface area contributed by atoms with E-state index in [4.69, 9.17) is 21.1 Å². The summed E-state index contributed by atoms with van der Waals surface area (Å²) in [4.78, 5) is 12.2. The molecule has 1 rings (SSSR count). The van der Waals surface area contributed by atoms with Crippen molar-refractivity contribution in [3.05, 3.63) is 17.2 Å². The number of rotatable bonds is 6. The van der Waals surface area contributed by atoms with Crippen LogP contribution >= 0.6 is 11.6 Å². The molecule has 0 aromatic heterocycles. The van der Waals surface area contributed by atoms with E-state index in [1.54, 1.807) is 26.0 Å². The minimum absolute atomic E-state index is 0.173. The molecule has 0 saturated heterocycles. The van der Waals surface area contributed by atoms with Crippen molar-refractivity contribution in [1.29, 1.82) is 0 Å². The Kier molecular flexibility index (Phi) is 5.65. The van der Waals surface area contributed by atoms with E-state index in [0.29, 0.717) is 28.8 Å². The summed E-state index contributed by atoms with van der Waals surface area (Å²) in [5, 5.41) is 6.29. The zero-order chi connectivity index (χ0) is 15.3. The Balaban J connectivity index is 3.01. The molecule has 0 bridgehead atoms. The largest absolute Gasteiger partial charge is 0.493 e. The maximum absolute atomic E-state index is 12.2. The first-order chi connectivity index (χ1) is 9.35. The van der Waals surface area contributed by atoms with Gasteiger partial charge in [0.1, 0.15) is 0 Å². The van der Waals surface area contributed by atoms with Crippen molar-refractivity contribution in [3.63, 3.8) is 0 Å². The topological polar surface area (TPSA) is 59.6 Å². The van der Waals surface area contributed by atoms with Gasteiger partial charge in [0.2, 0.25) is 5.91 Å². The van der Waals surface area contributed by atoms with Crippen molar-refractivity contribution in [2.24, 2.45) is 0 Å². The zero-order valence-electron chi connectivity index (χ0n) is 12.5. The smallest absolute Gasteiger partial charge is 0.244 e. The van der Waals surface area contributed by atoms with Gasteiger partial charge in [-0.2, -0.15) is 0 Å². The Morgan fingerprint density at radius 3 is 2.30 bits per heavy atom. The van der Waals surface area contributed by atoms with E-state index < -0.39 is 5.54 Å². The summed E-state index contributed by atoms with van der Waals surface area (Å²) in [5.41, 5.74) is -0.203. The third kappa shape index (κ3) is 3.77. The number of anilines is 1. The summed E-state index contributed by atoms with van der Waals surface area (Å²) >= 11 is 6.14. The maximum atomic E-state index is 12.2. The van der Waals surface area contributed by atoms with Crippen LogP contribution in [0.1, 0.15) is 20.8 Å². The highest BCUT2D eigenvalue weighted by Crippen LogP contribution is 2.36. The zero-order valence-corrected chi connectivity index (χ0v) is 13.2. The quantitative estimate of drug-likeness (QED) is 0.848. The number of amides is 1. The van der Waals surface area contributed by atoms with Crippen molar-refractivity contribution in [2.75, 3.05) is 26.1 Å². The van der Waals surface area contributed by atoms with E-state index in [2.05, 4.69) is 10.6 Å². The Morgan fingerprint density at radius 1 is 1.25 bits per heavy atom. The molecule has 0 aliphatic heterocycles. The van der Waals surface area contributed by atoms with E-state index in [0.717, 1.165) is 0 Å². The van der Waals surface area contributed by atoms with Gasteiger partial charge < -0.3 is 20.1 Å². The molecule has 0 spiro atoms. The van der Waals surface area contributed by atoms with Gasteiger partial charge in [-0.25, -0.2) is 0 Å². The number of hydrogen-bond donors (Lipinski definition) is 2. The normalized spacial score (nSPS) is 11.1. The molecule has 1 amide bonds. The number of carbonyl (C=O) groups excluding carboxylic acids is 1. The molecular weight excluding hydrogens is 280 g/mol. The number of ether oxygens (including phenoxy) is 2. The number of methoxy groups -OCH3 is 2. The lowest BCUT2D eigenvalue weighted by atomic mass is 10.0. The molecule has 6 heteroatoms. The summed E-state index contributed by atoms with van der Waals surface area (Å²) in [7, 11) is 3.06. The molecule has 5 nitrogen and oxygen atoms in total. The van der Waals surface area contributed by atoms with Crippen molar-refractivity contribution < 1.29 is 14.3 Å². The van der Waals surface area contributed by atoms with Gasteiger partial charge in [-0.05, 0) is 20.4 Å². The van der Waals surface area contributed by atoms with E-state index in [1.807, 2.05) is 6.92 Å². The third-order valence-electron chi connectivity index (χ3n) is 2.91. The van der Waals surface area contributed by atoms with Crippen LogP contribution in [0, 0.1) is 0 Å². The molecule has 1 aromatic rings. The average molecular weight is 301 g/mol. The number of halogens is 1. The average Bonchev–Trinajstić information content (AvgIpc) is 2.40. The van der Waals surface area contributed by atoms with Gasteiger partial charge in [-0.1, -0.05) is 18.5 Å². The van der Waals surface area contributed by atoms with Crippen molar-refractivity contribution in [1.82, 2.24) is 5.32 Å². The fourth-order valence-electron chi connectivity index (χ4n) is 1.75. The molecule has 0 fully saturated rings. The van der Waals surface area contributed by atoms with Crippen LogP contribution in [-0.2, 0) is 4.79 Å². The van der Waals surface area contributed by atoms with Crippen molar-refractivity contribution >= 4 is 23.2 Å². The van der Waals surface area contributed by atoms with Crippen LogP contribution in [0.2, 0.25) is 5.02 Å². The summed E-state index contributed by atoms with van der Waals surface area (Å²) < 4.78 is 10.3. The van der Waals surface area contributed by atoms with Gasteiger partial charge >= 0.3 is 0 Å². The monoisotopic (exact) mass is 300 g/mol. The minimum atomic E-state index is -0.689. The first-order valence-electron chi connectivity index (χ1n) is 6.33. The van der Waals surface area contributed by atoms with Crippen LogP contribution in [0.15, 0.2) is 12.1 Å². The fraction of sp³-hybridized carbons (Fsp3) is 0.500. The Bertz CT molecular complexity index is 490. The molecule has 0 atom stereocenters. The Morgan fingerprint density at radius 2 is 1.80 bits per heavy atom. The summed E-state index contributed by atoms with van der Waals surface area (Å²) in [6.07, 6.45) is 0. The lowest BCUT2D eigenvalue weighted by molar-refractivity contribution is -0.121. The molecule has 0 unspecified atom stereocenters. The summed E-state index contributed by atoms with van der Waals surface area (Å²) in [6.45, 7) is 6.25. The minimum Gasteiger partial charge on any atom is -0.493 e. The number of nitrogens with one attached hydrogen (secondary N) is 2. The SMILES string of the molecule is CCNC(C)(C)C(=O)Nc1cc(OC)c(OC)cc1Cl. The third-order valence-corrected chi connectivity index (χ3v) is 3.22. The van der Waals surface area contributed by atoms with Gasteiger partial charge in [-0.3, -0.25) is 4.79 Å². The Hall–Kier alpha value is -1.46. The van der Waals surface area contributed by atoms with Gasteiger partial charge in [0.15, 0.2) is 11.5 Å². The first kappa shape index (κ1) is 16.6. The molecule has 0 heterocycles. The standard InChI is InChI=1S/C14H21ClN2O3/c1-6-16-14(2,3)13(18)17-10-8-12(20-5)11(19-4)7-9(10)15/h7-8,16H,6H2,1-5H3,(H,17,18). The molecule has 2 N–H and O–H groups in total. The molecule has 1 aromatic carbocycles. The first-order valence-corrected chi connectivity index (χ1v) is 6.71. The molecular formula is C14H21ClN2O3. The van der Waals surface area contributed by atoms with Crippen LogP contribution in [-0.4, -0.2) is 32.2 Å². The van der Waals surface area contributed by atoms with E-state index in [9.17, 15) is 4.79 Å².